The Morgan fingerprint density at radius 1 is 1.38 bits per heavy atom. The highest BCUT2D eigenvalue weighted by Crippen LogP contribution is 2.36. The van der Waals surface area contributed by atoms with Gasteiger partial charge in [-0.15, -0.1) is 35.7 Å². The molecule has 0 atom stereocenters. The summed E-state index contributed by atoms with van der Waals surface area (Å²) in [5.74, 6) is 0. The second kappa shape index (κ2) is 4.00. The van der Waals surface area contributed by atoms with Crippen LogP contribution in [0.25, 0.3) is 10.1 Å². The summed E-state index contributed by atoms with van der Waals surface area (Å²) in [6.45, 7) is 0. The van der Waals surface area contributed by atoms with Crippen LogP contribution in [0.1, 0.15) is 0 Å². The predicted octanol–water partition coefficient (Wildman–Crippen LogP) is 4.52. The molecule has 1 aromatic heterocycles. The van der Waals surface area contributed by atoms with Gasteiger partial charge in [0.15, 0.2) is 0 Å². The maximum absolute atomic E-state index is 4.47. The molecule has 0 aliphatic carbocycles. The zero-order chi connectivity index (χ0) is 9.42. The fraction of sp³-hybridized carbons (Fsp3) is 0.111. The lowest BCUT2D eigenvalue weighted by Gasteiger charge is -1.95. The summed E-state index contributed by atoms with van der Waals surface area (Å²) >= 11 is 10.4. The number of hydrogen-bond donors (Lipinski definition) is 1. The van der Waals surface area contributed by atoms with Crippen LogP contribution >= 0.6 is 58.3 Å². The zero-order valence-electron chi connectivity index (χ0n) is 6.87. The quantitative estimate of drug-likeness (QED) is 0.453. The number of fused-ring (bicyclic) bond motifs is 1. The summed E-state index contributed by atoms with van der Waals surface area (Å²) in [6.07, 6.45) is 2.11. The number of benzene rings is 1. The topological polar surface area (TPSA) is 0 Å². The number of rotatable bonds is 1. The van der Waals surface area contributed by atoms with Gasteiger partial charge in [0, 0.05) is 13.2 Å². The average molecular weight is 338 g/mol. The van der Waals surface area contributed by atoms with Gasteiger partial charge in [0.25, 0.3) is 0 Å². The van der Waals surface area contributed by atoms with Crippen LogP contribution in [0.4, 0.5) is 0 Å². The average Bonchev–Trinajstić information content (AvgIpc) is 2.47. The van der Waals surface area contributed by atoms with Gasteiger partial charge in [0.1, 0.15) is 0 Å². The van der Waals surface area contributed by atoms with Crippen molar-refractivity contribution in [1.29, 1.82) is 0 Å². The molecule has 2 rings (SSSR count). The summed E-state index contributed by atoms with van der Waals surface area (Å²) in [5, 5.41) is 1.31. The van der Waals surface area contributed by atoms with Gasteiger partial charge in [-0.25, -0.2) is 0 Å². The van der Waals surface area contributed by atoms with Gasteiger partial charge < -0.3 is 0 Å². The van der Waals surface area contributed by atoms with Gasteiger partial charge in [-0.1, -0.05) is 0 Å². The lowest BCUT2D eigenvalue weighted by atomic mass is 10.3. The second-order valence-corrected chi connectivity index (χ2v) is 6.50. The van der Waals surface area contributed by atoms with E-state index in [1.807, 2.05) is 11.3 Å². The molecule has 0 aliphatic heterocycles. The molecule has 0 nitrogen and oxygen atoms in total. The van der Waals surface area contributed by atoms with Gasteiger partial charge in [-0.2, -0.15) is 0 Å². The van der Waals surface area contributed by atoms with Crippen molar-refractivity contribution in [2.45, 2.75) is 9.10 Å². The minimum Gasteiger partial charge on any atom is -0.142 e. The van der Waals surface area contributed by atoms with E-state index in [1.54, 1.807) is 11.8 Å². The molecule has 0 spiro atoms. The molecular formula is C9H7IS3. The summed E-state index contributed by atoms with van der Waals surface area (Å²) in [6, 6.07) is 6.53. The van der Waals surface area contributed by atoms with Crippen LogP contribution in [0, 0.1) is 3.57 Å². The Kier molecular flexibility index (Phi) is 3.12. The van der Waals surface area contributed by atoms with Gasteiger partial charge >= 0.3 is 0 Å². The molecule has 0 unspecified atom stereocenters. The molecule has 0 fully saturated rings. The van der Waals surface area contributed by atoms with Gasteiger partial charge in [0.2, 0.25) is 0 Å². The third kappa shape index (κ3) is 2.00. The van der Waals surface area contributed by atoms with Crippen LogP contribution in [-0.4, -0.2) is 6.26 Å². The molecule has 0 bridgehead atoms. The maximum Gasteiger partial charge on any atom is 0.0608 e. The molecule has 1 heterocycles. The van der Waals surface area contributed by atoms with E-state index in [4.69, 9.17) is 0 Å². The van der Waals surface area contributed by atoms with Crippen molar-refractivity contribution in [2.24, 2.45) is 0 Å². The Hall–Kier alpha value is 0.610. The van der Waals surface area contributed by atoms with Gasteiger partial charge in [-0.05, 0) is 52.4 Å². The Balaban J connectivity index is 2.75. The summed E-state index contributed by atoms with van der Waals surface area (Å²) < 4.78 is 3.90. The molecule has 0 aliphatic rings. The summed E-state index contributed by atoms with van der Waals surface area (Å²) in [7, 11) is 0. The first-order valence-electron chi connectivity index (χ1n) is 3.67. The van der Waals surface area contributed by atoms with Crippen molar-refractivity contribution < 1.29 is 0 Å². The summed E-state index contributed by atoms with van der Waals surface area (Å²) in [4.78, 5) is 1.09. The smallest absolute Gasteiger partial charge is 0.0608 e. The first-order chi connectivity index (χ1) is 6.20. The van der Waals surface area contributed by atoms with E-state index in [1.165, 1.54) is 17.9 Å². The van der Waals surface area contributed by atoms with Crippen molar-refractivity contribution in [3.63, 3.8) is 0 Å². The number of thiophene rings is 1. The number of thioether (sulfide) groups is 1. The van der Waals surface area contributed by atoms with Crippen molar-refractivity contribution in [3.8, 4) is 0 Å². The Morgan fingerprint density at radius 2 is 2.15 bits per heavy atom. The standard InChI is InChI=1S/C9H7IS3/c1-12-8-3-5-2-6(10)4-7(11)9(5)13-8/h2-4,11H,1H3. The SMILES string of the molecule is CSc1cc2cc(I)cc(S)c2s1. The van der Waals surface area contributed by atoms with E-state index >= 15 is 0 Å². The Bertz CT molecular complexity index is 447. The first kappa shape index (κ1) is 10.1. The van der Waals surface area contributed by atoms with E-state index in [0.717, 1.165) is 4.90 Å². The zero-order valence-corrected chi connectivity index (χ0v) is 11.6. The van der Waals surface area contributed by atoms with Crippen LogP contribution < -0.4 is 0 Å². The lowest BCUT2D eigenvalue weighted by molar-refractivity contribution is 1.56. The molecule has 13 heavy (non-hydrogen) atoms. The lowest BCUT2D eigenvalue weighted by Crippen LogP contribution is -1.71. The van der Waals surface area contributed by atoms with E-state index in [9.17, 15) is 0 Å². The fourth-order valence-electron chi connectivity index (χ4n) is 1.18. The van der Waals surface area contributed by atoms with E-state index in [2.05, 4.69) is 59.7 Å². The highest BCUT2D eigenvalue weighted by atomic mass is 127. The van der Waals surface area contributed by atoms with Crippen LogP contribution in [0.5, 0.6) is 0 Å². The van der Waals surface area contributed by atoms with Crippen molar-refractivity contribution in [3.05, 3.63) is 21.8 Å². The Morgan fingerprint density at radius 3 is 2.85 bits per heavy atom. The van der Waals surface area contributed by atoms with E-state index in [0.29, 0.717) is 0 Å². The minimum absolute atomic E-state index is 1.09. The molecule has 0 amide bonds. The van der Waals surface area contributed by atoms with Crippen LogP contribution in [-0.2, 0) is 0 Å². The monoisotopic (exact) mass is 338 g/mol. The largest absolute Gasteiger partial charge is 0.142 e. The highest BCUT2D eigenvalue weighted by molar-refractivity contribution is 14.1. The number of thiol groups is 1. The molecule has 2 aromatic rings. The summed E-state index contributed by atoms with van der Waals surface area (Å²) in [5.41, 5.74) is 0. The third-order valence-corrected chi connectivity index (χ3v) is 5.12. The minimum atomic E-state index is 1.09. The number of halogens is 1. The normalized spacial score (nSPS) is 11.0. The maximum atomic E-state index is 4.47. The molecule has 0 N–H and O–H groups in total. The molecule has 4 heteroatoms. The number of hydrogen-bond acceptors (Lipinski definition) is 3. The van der Waals surface area contributed by atoms with Crippen molar-refractivity contribution in [1.82, 2.24) is 0 Å². The molecule has 68 valence electrons. The van der Waals surface area contributed by atoms with Gasteiger partial charge in [0.05, 0.1) is 4.21 Å². The van der Waals surface area contributed by atoms with E-state index in [-0.39, 0.29) is 0 Å². The van der Waals surface area contributed by atoms with Gasteiger partial charge in [-0.3, -0.25) is 0 Å². The third-order valence-electron chi connectivity index (χ3n) is 1.74. The highest BCUT2D eigenvalue weighted by Gasteiger charge is 2.04. The van der Waals surface area contributed by atoms with Crippen LogP contribution in [0.15, 0.2) is 27.3 Å². The first-order valence-corrected chi connectivity index (χ1v) is 7.23. The molecular weight excluding hydrogens is 331 g/mol. The Labute approximate surface area is 105 Å². The second-order valence-electron chi connectivity index (χ2n) is 2.61. The molecule has 1 aromatic carbocycles. The predicted molar refractivity (Wildman–Crippen MR) is 73.6 cm³/mol. The van der Waals surface area contributed by atoms with Crippen LogP contribution in [0.3, 0.4) is 0 Å². The van der Waals surface area contributed by atoms with Crippen molar-refractivity contribution in [2.75, 3.05) is 6.26 Å². The molecule has 0 saturated heterocycles. The van der Waals surface area contributed by atoms with Crippen molar-refractivity contribution >= 4 is 68.4 Å². The molecule has 0 saturated carbocycles. The van der Waals surface area contributed by atoms with Crippen LogP contribution in [0.2, 0.25) is 0 Å². The molecule has 0 radical (unpaired) electrons. The van der Waals surface area contributed by atoms with E-state index < -0.39 is 0 Å². The fourth-order valence-corrected chi connectivity index (χ4v) is 4.09.